The molecule has 5 nitrogen and oxygen atoms in total. The summed E-state index contributed by atoms with van der Waals surface area (Å²) < 4.78 is 5.16. The summed E-state index contributed by atoms with van der Waals surface area (Å²) in [5, 5.41) is 11.6. The van der Waals surface area contributed by atoms with Crippen molar-refractivity contribution in [3.05, 3.63) is 21.9 Å². The van der Waals surface area contributed by atoms with Crippen LogP contribution < -0.4 is 5.32 Å². The Morgan fingerprint density at radius 1 is 1.32 bits per heavy atom. The minimum Gasteiger partial charge on any atom is -0.481 e. The Hall–Kier alpha value is -1.40. The maximum Gasteiger partial charge on any atom is 0.320 e. The smallest absolute Gasteiger partial charge is 0.320 e. The largest absolute Gasteiger partial charge is 0.481 e. The van der Waals surface area contributed by atoms with Gasteiger partial charge in [0.25, 0.3) is 0 Å². The van der Waals surface area contributed by atoms with Gasteiger partial charge >= 0.3 is 11.9 Å². The summed E-state index contributed by atoms with van der Waals surface area (Å²) in [5.41, 5.74) is -0.476. The molecule has 19 heavy (non-hydrogen) atoms. The number of aliphatic carboxylic acids is 1. The molecule has 2 N–H and O–H groups in total. The van der Waals surface area contributed by atoms with E-state index in [1.807, 2.05) is 26.8 Å². The van der Waals surface area contributed by atoms with Crippen LogP contribution >= 0.6 is 11.3 Å². The van der Waals surface area contributed by atoms with E-state index in [2.05, 4.69) is 5.32 Å². The summed E-state index contributed by atoms with van der Waals surface area (Å²) in [5.74, 6) is -1.13. The highest BCUT2D eigenvalue weighted by atomic mass is 32.1. The van der Waals surface area contributed by atoms with Gasteiger partial charge in [0.2, 0.25) is 0 Å². The Bertz CT molecular complexity index is 448. The van der Waals surface area contributed by atoms with Crippen molar-refractivity contribution >= 4 is 23.3 Å². The number of thiophene rings is 1. The van der Waals surface area contributed by atoms with Crippen LogP contribution in [0.2, 0.25) is 0 Å². The van der Waals surface area contributed by atoms with Crippen LogP contribution in [0.1, 0.15) is 30.5 Å². The molecule has 0 amide bonds. The van der Waals surface area contributed by atoms with E-state index >= 15 is 0 Å². The van der Waals surface area contributed by atoms with Gasteiger partial charge < -0.3 is 15.2 Å². The molecule has 0 aliphatic rings. The van der Waals surface area contributed by atoms with Gasteiger partial charge in [0, 0.05) is 16.3 Å². The molecule has 0 atom stereocenters. The monoisotopic (exact) mass is 285 g/mol. The zero-order chi connectivity index (χ0) is 14.5. The number of carboxylic acids is 1. The van der Waals surface area contributed by atoms with Crippen LogP contribution in [0.4, 0.5) is 0 Å². The number of rotatable bonds is 6. The summed E-state index contributed by atoms with van der Waals surface area (Å²) in [6.45, 7) is 6.14. The first-order valence-corrected chi connectivity index (χ1v) is 6.80. The molecule has 1 aromatic heterocycles. The number of esters is 1. The molecule has 0 unspecified atom stereocenters. The van der Waals surface area contributed by atoms with Crippen molar-refractivity contribution < 1.29 is 19.4 Å². The lowest BCUT2D eigenvalue weighted by atomic mass is 10.2. The number of nitrogens with one attached hydrogen (secondary N) is 1. The van der Waals surface area contributed by atoms with E-state index < -0.39 is 11.6 Å². The minimum absolute atomic E-state index is 0.0384. The highest BCUT2D eigenvalue weighted by Gasteiger charge is 2.15. The van der Waals surface area contributed by atoms with Gasteiger partial charge in [-0.25, -0.2) is 0 Å². The maximum absolute atomic E-state index is 11.4. The van der Waals surface area contributed by atoms with E-state index in [1.165, 1.54) is 11.3 Å². The molecule has 0 aliphatic carbocycles. The van der Waals surface area contributed by atoms with Gasteiger partial charge in [-0.3, -0.25) is 9.59 Å². The second-order valence-corrected chi connectivity index (χ2v) is 6.38. The first kappa shape index (κ1) is 15.7. The molecule has 0 fully saturated rings. The molecule has 6 heteroatoms. The zero-order valence-corrected chi connectivity index (χ0v) is 12.2. The zero-order valence-electron chi connectivity index (χ0n) is 11.4. The Balaban J connectivity index is 2.31. The van der Waals surface area contributed by atoms with Crippen LogP contribution in [-0.2, 0) is 27.3 Å². The quantitative estimate of drug-likeness (QED) is 0.780. The van der Waals surface area contributed by atoms with Gasteiger partial charge in [0.15, 0.2) is 0 Å². The van der Waals surface area contributed by atoms with Crippen molar-refractivity contribution in [2.24, 2.45) is 0 Å². The summed E-state index contributed by atoms with van der Waals surface area (Å²) in [6.07, 6.45) is 0.0384. The molecule has 0 aliphatic heterocycles. The molecule has 1 heterocycles. The normalized spacial score (nSPS) is 11.3. The van der Waals surface area contributed by atoms with Gasteiger partial charge in [0.1, 0.15) is 5.60 Å². The summed E-state index contributed by atoms with van der Waals surface area (Å²) in [4.78, 5) is 23.8. The minimum atomic E-state index is -0.838. The lowest BCUT2D eigenvalue weighted by molar-refractivity contribution is -0.153. The topological polar surface area (TPSA) is 75.6 Å². The molecule has 0 bridgehead atoms. The van der Waals surface area contributed by atoms with Gasteiger partial charge in [-0.05, 0) is 32.9 Å². The summed E-state index contributed by atoms with van der Waals surface area (Å²) in [7, 11) is 0. The Morgan fingerprint density at radius 3 is 2.53 bits per heavy atom. The number of hydrogen-bond acceptors (Lipinski definition) is 5. The van der Waals surface area contributed by atoms with Crippen LogP contribution in [-0.4, -0.2) is 29.2 Å². The van der Waals surface area contributed by atoms with Crippen molar-refractivity contribution in [2.45, 2.75) is 39.3 Å². The third kappa shape index (κ3) is 6.93. The molecule has 0 spiro atoms. The van der Waals surface area contributed by atoms with Gasteiger partial charge in [-0.2, -0.15) is 0 Å². The molecule has 1 aromatic rings. The molecular weight excluding hydrogens is 266 g/mol. The Kier molecular flexibility index (Phi) is 5.50. The third-order valence-corrected chi connectivity index (χ3v) is 3.12. The van der Waals surface area contributed by atoms with Crippen LogP contribution in [0.25, 0.3) is 0 Å². The number of ether oxygens (including phenoxy) is 1. The van der Waals surface area contributed by atoms with Crippen molar-refractivity contribution in [1.29, 1.82) is 0 Å². The Morgan fingerprint density at radius 2 is 1.95 bits per heavy atom. The lowest BCUT2D eigenvalue weighted by Gasteiger charge is -2.19. The number of hydrogen-bond donors (Lipinski definition) is 2. The molecule has 0 aromatic carbocycles. The summed E-state index contributed by atoms with van der Waals surface area (Å²) >= 11 is 1.43. The molecule has 0 radical (unpaired) electrons. The van der Waals surface area contributed by atoms with Crippen molar-refractivity contribution in [1.82, 2.24) is 5.32 Å². The lowest BCUT2D eigenvalue weighted by Crippen LogP contribution is -2.31. The number of carbonyl (C=O) groups excluding carboxylic acids is 1. The average Bonchev–Trinajstić information content (AvgIpc) is 2.61. The van der Waals surface area contributed by atoms with Crippen molar-refractivity contribution in [2.75, 3.05) is 6.54 Å². The molecule has 0 saturated heterocycles. The van der Waals surface area contributed by atoms with E-state index in [4.69, 9.17) is 9.84 Å². The molecular formula is C13H19NO4S. The van der Waals surface area contributed by atoms with Crippen molar-refractivity contribution in [3.8, 4) is 0 Å². The predicted molar refractivity (Wildman–Crippen MR) is 73.2 cm³/mol. The van der Waals surface area contributed by atoms with Gasteiger partial charge in [-0.1, -0.05) is 0 Å². The van der Waals surface area contributed by atoms with E-state index in [0.717, 1.165) is 9.75 Å². The fraction of sp³-hybridized carbons (Fsp3) is 0.538. The fourth-order valence-electron chi connectivity index (χ4n) is 1.43. The third-order valence-electron chi connectivity index (χ3n) is 2.03. The van der Waals surface area contributed by atoms with Crippen molar-refractivity contribution in [3.63, 3.8) is 0 Å². The molecule has 1 rings (SSSR count). The van der Waals surface area contributed by atoms with Crippen LogP contribution in [0, 0.1) is 0 Å². The predicted octanol–water partition coefficient (Wildman–Crippen LogP) is 1.81. The standard InChI is InChI=1S/C13H19NO4S/c1-13(2,3)18-12(17)8-14-7-10-5-4-9(19-10)6-11(15)16/h4-5,14H,6-8H2,1-3H3,(H,15,16). The first-order valence-electron chi connectivity index (χ1n) is 5.98. The number of carbonyl (C=O) groups is 2. The summed E-state index contributed by atoms with van der Waals surface area (Å²) in [6, 6.07) is 3.66. The second-order valence-electron chi connectivity index (χ2n) is 5.13. The number of carboxylic acid groups (broad SMARTS) is 1. The highest BCUT2D eigenvalue weighted by Crippen LogP contribution is 2.16. The molecule has 106 valence electrons. The van der Waals surface area contributed by atoms with E-state index in [9.17, 15) is 9.59 Å². The first-order chi connectivity index (χ1) is 8.76. The van der Waals surface area contributed by atoms with Gasteiger partial charge in [-0.15, -0.1) is 11.3 Å². The SMILES string of the molecule is CC(C)(C)OC(=O)CNCc1ccc(CC(=O)O)s1. The highest BCUT2D eigenvalue weighted by molar-refractivity contribution is 7.12. The fourth-order valence-corrected chi connectivity index (χ4v) is 2.41. The van der Waals surface area contributed by atoms with E-state index in [1.54, 1.807) is 6.07 Å². The maximum atomic E-state index is 11.4. The average molecular weight is 285 g/mol. The van der Waals surface area contributed by atoms with Crippen LogP contribution in [0.15, 0.2) is 12.1 Å². The van der Waals surface area contributed by atoms with Gasteiger partial charge in [0.05, 0.1) is 13.0 Å². The van der Waals surface area contributed by atoms with Crippen LogP contribution in [0.5, 0.6) is 0 Å². The van der Waals surface area contributed by atoms with E-state index in [0.29, 0.717) is 6.54 Å². The van der Waals surface area contributed by atoms with Crippen LogP contribution in [0.3, 0.4) is 0 Å². The Labute approximate surface area is 116 Å². The second kappa shape index (κ2) is 6.68. The van der Waals surface area contributed by atoms with E-state index in [-0.39, 0.29) is 18.9 Å². The molecule has 0 saturated carbocycles.